The molecule has 42 heavy (non-hydrogen) atoms. The van der Waals surface area contributed by atoms with Gasteiger partial charge in [-0.15, -0.1) is 0 Å². The highest BCUT2D eigenvalue weighted by Gasteiger charge is 2.35. The molecule has 2 aromatic carbocycles. The lowest BCUT2D eigenvalue weighted by atomic mass is 9.85. The largest absolute Gasteiger partial charge is 0.494 e. The molecule has 0 spiro atoms. The molecule has 0 radical (unpaired) electrons. The molecule has 2 amide bonds. The number of fused-ring (bicyclic) bond motifs is 1. The fourth-order valence-electron chi connectivity index (χ4n) is 5.25. The number of benzene rings is 2. The Kier molecular flexibility index (Phi) is 8.52. The number of carbonyl (C=O) groups excluding carboxylic acids is 2. The second-order valence-corrected chi connectivity index (χ2v) is 12.6. The minimum atomic E-state index is -1.04. The van der Waals surface area contributed by atoms with Crippen LogP contribution >= 0.6 is 0 Å². The molecule has 10 nitrogen and oxygen atoms in total. The van der Waals surface area contributed by atoms with E-state index >= 15 is 0 Å². The monoisotopic (exact) mass is 581 g/mol. The summed E-state index contributed by atoms with van der Waals surface area (Å²) in [6.07, 6.45) is 0.373. The van der Waals surface area contributed by atoms with E-state index < -0.39 is 34.3 Å². The van der Waals surface area contributed by atoms with Crippen LogP contribution in [0.25, 0.3) is 22.3 Å². The van der Waals surface area contributed by atoms with Gasteiger partial charge in [0.25, 0.3) is 5.56 Å². The molecule has 2 N–H and O–H groups in total. The van der Waals surface area contributed by atoms with Crippen LogP contribution in [0.3, 0.4) is 0 Å². The Morgan fingerprint density at radius 3 is 2.33 bits per heavy atom. The fourth-order valence-corrected chi connectivity index (χ4v) is 5.25. The zero-order chi connectivity index (χ0) is 31.0. The number of nitrogens with two attached hydrogens (primary N) is 1. The van der Waals surface area contributed by atoms with Crippen LogP contribution in [-0.4, -0.2) is 65.3 Å². The van der Waals surface area contributed by atoms with E-state index in [2.05, 4.69) is 4.90 Å². The molecule has 1 aliphatic rings. The maximum atomic E-state index is 14.3. The summed E-state index contributed by atoms with van der Waals surface area (Å²) in [6.45, 7) is 13.2. The van der Waals surface area contributed by atoms with Gasteiger partial charge in [-0.1, -0.05) is 20.8 Å². The van der Waals surface area contributed by atoms with E-state index in [9.17, 15) is 18.8 Å². The highest BCUT2D eigenvalue weighted by molar-refractivity contribution is 5.86. The molecule has 1 atom stereocenters. The first kappa shape index (κ1) is 30.8. The smallest absolute Gasteiger partial charge is 0.410 e. The highest BCUT2D eigenvalue weighted by Crippen LogP contribution is 2.35. The normalized spacial score (nSPS) is 15.3. The van der Waals surface area contributed by atoms with Crippen LogP contribution in [0, 0.1) is 11.2 Å². The number of methoxy groups -OCH3 is 1. The maximum absolute atomic E-state index is 14.3. The molecule has 1 fully saturated rings. The minimum Gasteiger partial charge on any atom is -0.494 e. The van der Waals surface area contributed by atoms with Crippen molar-refractivity contribution in [3.63, 3.8) is 0 Å². The molecule has 0 aliphatic carbocycles. The summed E-state index contributed by atoms with van der Waals surface area (Å²) < 4.78 is 26.3. The molecule has 4 rings (SSSR count). The molecule has 1 aromatic heterocycles. The first-order chi connectivity index (χ1) is 19.6. The van der Waals surface area contributed by atoms with Crippen LogP contribution < -0.4 is 20.9 Å². The predicted molar refractivity (Wildman–Crippen MR) is 160 cm³/mol. The number of amides is 2. The van der Waals surface area contributed by atoms with Crippen molar-refractivity contribution in [2.24, 2.45) is 11.1 Å². The van der Waals surface area contributed by atoms with E-state index in [1.807, 2.05) is 47.6 Å². The number of ether oxygens (including phenoxy) is 2. The van der Waals surface area contributed by atoms with E-state index in [-0.39, 0.29) is 17.7 Å². The second-order valence-electron chi connectivity index (χ2n) is 12.6. The van der Waals surface area contributed by atoms with Gasteiger partial charge >= 0.3 is 6.09 Å². The lowest BCUT2D eigenvalue weighted by molar-refractivity contribution is -0.124. The molecule has 0 bridgehead atoms. The third-order valence-electron chi connectivity index (χ3n) is 7.15. The van der Waals surface area contributed by atoms with E-state index in [4.69, 9.17) is 20.2 Å². The predicted octanol–water partition coefficient (Wildman–Crippen LogP) is 4.73. The number of hydrogen-bond acceptors (Lipinski definition) is 7. The van der Waals surface area contributed by atoms with Crippen LogP contribution in [0.2, 0.25) is 0 Å². The Morgan fingerprint density at radius 2 is 1.71 bits per heavy atom. The summed E-state index contributed by atoms with van der Waals surface area (Å²) in [5.41, 5.74) is 5.73. The number of carbonyl (C=O) groups is 2. The van der Waals surface area contributed by atoms with Crippen molar-refractivity contribution >= 4 is 28.6 Å². The van der Waals surface area contributed by atoms with Crippen molar-refractivity contribution in [1.29, 1.82) is 0 Å². The molecule has 2 heterocycles. The Morgan fingerprint density at radius 1 is 1.00 bits per heavy atom. The number of aromatic nitrogens is 2. The van der Waals surface area contributed by atoms with Crippen molar-refractivity contribution < 1.29 is 23.5 Å². The Balaban J connectivity index is 1.81. The summed E-state index contributed by atoms with van der Waals surface area (Å²) in [5.74, 6) is -1.09. The van der Waals surface area contributed by atoms with Crippen molar-refractivity contribution in [2.75, 3.05) is 38.2 Å². The van der Waals surface area contributed by atoms with Gasteiger partial charge in [-0.25, -0.2) is 14.2 Å². The minimum absolute atomic E-state index is 0.0169. The summed E-state index contributed by atoms with van der Waals surface area (Å²) >= 11 is 0. The molecule has 1 aliphatic heterocycles. The van der Waals surface area contributed by atoms with Gasteiger partial charge in [0.2, 0.25) is 5.91 Å². The molecule has 11 heteroatoms. The van der Waals surface area contributed by atoms with Crippen LogP contribution in [0.1, 0.15) is 54.0 Å². The molecule has 226 valence electrons. The van der Waals surface area contributed by atoms with Crippen molar-refractivity contribution in [3.8, 4) is 17.1 Å². The van der Waals surface area contributed by atoms with Gasteiger partial charge in [-0.3, -0.25) is 14.2 Å². The van der Waals surface area contributed by atoms with Crippen LogP contribution in [0.5, 0.6) is 5.75 Å². The molecular weight excluding hydrogens is 541 g/mol. The van der Waals surface area contributed by atoms with Gasteiger partial charge in [0.05, 0.1) is 18.0 Å². The number of primary amides is 1. The van der Waals surface area contributed by atoms with Gasteiger partial charge in [-0.05, 0) is 69.0 Å². The maximum Gasteiger partial charge on any atom is 0.410 e. The standard InChI is InChI=1S/C31H40FN5O5/c1-30(2,3)25(26(33)38)37-27(19-9-11-22(32)24(17-19)41-7)34-23-12-10-20(18-21(23)28(37)39)35-13-8-14-36(16-15-35)29(40)42-31(4,5)6/h9-12,17-18,25H,8,13-16H2,1-7H3,(H2,33,38). The number of halogens is 1. The van der Waals surface area contributed by atoms with E-state index in [0.717, 1.165) is 12.1 Å². The fraction of sp³-hybridized carbons (Fsp3) is 0.484. The molecule has 1 unspecified atom stereocenters. The Bertz CT molecular complexity index is 1560. The van der Waals surface area contributed by atoms with Gasteiger partial charge in [0.15, 0.2) is 11.6 Å². The number of anilines is 1. The summed E-state index contributed by atoms with van der Waals surface area (Å²) in [5, 5.41) is 0.314. The van der Waals surface area contributed by atoms with Crippen LogP contribution in [0.4, 0.5) is 14.9 Å². The molecule has 1 saturated heterocycles. The van der Waals surface area contributed by atoms with Gasteiger partial charge < -0.3 is 25.0 Å². The third kappa shape index (κ3) is 6.50. The van der Waals surface area contributed by atoms with Crippen molar-refractivity contribution in [3.05, 3.63) is 52.6 Å². The second kappa shape index (κ2) is 11.6. The zero-order valence-electron chi connectivity index (χ0n) is 25.4. The van der Waals surface area contributed by atoms with Crippen LogP contribution in [-0.2, 0) is 9.53 Å². The lowest BCUT2D eigenvalue weighted by Crippen LogP contribution is -2.42. The third-order valence-corrected chi connectivity index (χ3v) is 7.15. The van der Waals surface area contributed by atoms with E-state index in [0.29, 0.717) is 42.6 Å². The number of nitrogens with zero attached hydrogens (tertiary/aromatic N) is 4. The summed E-state index contributed by atoms with van der Waals surface area (Å²) in [4.78, 5) is 48.3. The summed E-state index contributed by atoms with van der Waals surface area (Å²) in [7, 11) is 1.35. The molecule has 3 aromatic rings. The van der Waals surface area contributed by atoms with Gasteiger partial charge in [0.1, 0.15) is 17.5 Å². The average molecular weight is 582 g/mol. The highest BCUT2D eigenvalue weighted by atomic mass is 19.1. The van der Waals surface area contributed by atoms with Crippen molar-refractivity contribution in [1.82, 2.24) is 14.5 Å². The quantitative estimate of drug-likeness (QED) is 0.463. The van der Waals surface area contributed by atoms with Crippen molar-refractivity contribution in [2.45, 2.75) is 59.6 Å². The number of rotatable bonds is 5. The number of hydrogen-bond donors (Lipinski definition) is 1. The zero-order valence-corrected chi connectivity index (χ0v) is 25.4. The van der Waals surface area contributed by atoms with Gasteiger partial charge in [0, 0.05) is 37.4 Å². The Labute approximate surface area is 245 Å². The van der Waals surface area contributed by atoms with E-state index in [1.165, 1.54) is 29.9 Å². The van der Waals surface area contributed by atoms with Crippen LogP contribution in [0.15, 0.2) is 41.2 Å². The molecule has 0 saturated carbocycles. The SMILES string of the molecule is COc1cc(-c2nc3ccc(N4CCCN(C(=O)OC(C)(C)C)CC4)cc3c(=O)n2C(C(N)=O)C(C)(C)C)ccc1F. The average Bonchev–Trinajstić information content (AvgIpc) is 3.15. The van der Waals surface area contributed by atoms with Gasteiger partial charge in [-0.2, -0.15) is 0 Å². The van der Waals surface area contributed by atoms with E-state index in [1.54, 1.807) is 17.0 Å². The topological polar surface area (TPSA) is 120 Å². The first-order valence-corrected chi connectivity index (χ1v) is 14.0. The Hall–Kier alpha value is -4.15. The molecular formula is C31H40FN5O5. The first-order valence-electron chi connectivity index (χ1n) is 14.0. The lowest BCUT2D eigenvalue weighted by Gasteiger charge is -2.31. The summed E-state index contributed by atoms with van der Waals surface area (Å²) in [6, 6.07) is 8.53.